The average Bonchev–Trinajstić information content (AvgIpc) is 2.77. The van der Waals surface area contributed by atoms with Crippen LogP contribution in [0.15, 0.2) is 58.0 Å². The summed E-state index contributed by atoms with van der Waals surface area (Å²) in [6.45, 7) is 6.97. The molecular formula is C25H22F3N3O2. The highest BCUT2D eigenvalue weighted by Gasteiger charge is 2.32. The molecule has 0 fully saturated rings. The van der Waals surface area contributed by atoms with Crippen molar-refractivity contribution in [2.24, 2.45) is 0 Å². The van der Waals surface area contributed by atoms with E-state index in [1.54, 1.807) is 31.5 Å². The van der Waals surface area contributed by atoms with Crippen LogP contribution in [0, 0.1) is 20.8 Å². The predicted molar refractivity (Wildman–Crippen MR) is 121 cm³/mol. The molecule has 0 bridgehead atoms. The Morgan fingerprint density at radius 1 is 1.09 bits per heavy atom. The molecule has 4 aromatic rings. The van der Waals surface area contributed by atoms with Gasteiger partial charge in [-0.2, -0.15) is 13.2 Å². The molecule has 1 unspecified atom stereocenters. The Labute approximate surface area is 188 Å². The zero-order valence-electron chi connectivity index (χ0n) is 18.5. The van der Waals surface area contributed by atoms with E-state index in [0.29, 0.717) is 39.1 Å². The smallest absolute Gasteiger partial charge is 0.433 e. The van der Waals surface area contributed by atoms with Crippen molar-refractivity contribution in [1.29, 1.82) is 0 Å². The van der Waals surface area contributed by atoms with Crippen LogP contribution in [-0.4, -0.2) is 9.97 Å². The van der Waals surface area contributed by atoms with E-state index >= 15 is 0 Å². The maximum absolute atomic E-state index is 13.2. The maximum Gasteiger partial charge on any atom is 0.433 e. The van der Waals surface area contributed by atoms with Crippen LogP contribution in [-0.2, 0) is 6.18 Å². The first-order chi connectivity index (χ1) is 15.6. The molecule has 0 saturated carbocycles. The SMILES string of the molecule is Cc1cc(C(C)Nc2ccc(C(F)(F)F)nc2C)c2oc(-c3cccnc3)c(C)c(=O)c2c1. The molecule has 170 valence electrons. The number of pyridine rings is 2. The second-order valence-corrected chi connectivity index (χ2v) is 8.05. The molecule has 1 atom stereocenters. The highest BCUT2D eigenvalue weighted by atomic mass is 19.4. The van der Waals surface area contributed by atoms with Crippen molar-refractivity contribution in [2.45, 2.75) is 39.9 Å². The number of aromatic nitrogens is 2. The summed E-state index contributed by atoms with van der Waals surface area (Å²) >= 11 is 0. The summed E-state index contributed by atoms with van der Waals surface area (Å²) in [5.74, 6) is 0.435. The third-order valence-corrected chi connectivity index (χ3v) is 5.53. The van der Waals surface area contributed by atoms with Crippen LogP contribution < -0.4 is 10.7 Å². The molecule has 3 aromatic heterocycles. The second kappa shape index (κ2) is 8.35. The van der Waals surface area contributed by atoms with E-state index in [1.165, 1.54) is 13.0 Å². The first-order valence-corrected chi connectivity index (χ1v) is 10.4. The molecule has 33 heavy (non-hydrogen) atoms. The van der Waals surface area contributed by atoms with Gasteiger partial charge in [-0.25, -0.2) is 4.98 Å². The number of halogens is 3. The Morgan fingerprint density at radius 3 is 2.48 bits per heavy atom. The Morgan fingerprint density at radius 2 is 1.85 bits per heavy atom. The lowest BCUT2D eigenvalue weighted by molar-refractivity contribution is -0.141. The van der Waals surface area contributed by atoms with Gasteiger partial charge in [-0.1, -0.05) is 6.07 Å². The van der Waals surface area contributed by atoms with E-state index in [-0.39, 0.29) is 17.2 Å². The Bertz CT molecular complexity index is 1400. The molecule has 0 radical (unpaired) electrons. The van der Waals surface area contributed by atoms with E-state index in [0.717, 1.165) is 11.6 Å². The molecule has 1 N–H and O–H groups in total. The highest BCUT2D eigenvalue weighted by molar-refractivity contribution is 5.84. The van der Waals surface area contributed by atoms with Crippen LogP contribution >= 0.6 is 0 Å². The quantitative estimate of drug-likeness (QED) is 0.389. The molecule has 0 aliphatic rings. The van der Waals surface area contributed by atoms with Gasteiger partial charge in [0.2, 0.25) is 0 Å². The number of rotatable bonds is 4. The molecule has 5 nitrogen and oxygen atoms in total. The molecule has 1 aromatic carbocycles. The number of aryl methyl sites for hydroxylation is 2. The van der Waals surface area contributed by atoms with Crippen LogP contribution in [0.2, 0.25) is 0 Å². The number of alkyl halides is 3. The van der Waals surface area contributed by atoms with Crippen LogP contribution in [0.25, 0.3) is 22.3 Å². The summed E-state index contributed by atoms with van der Waals surface area (Å²) in [7, 11) is 0. The van der Waals surface area contributed by atoms with Gasteiger partial charge in [-0.15, -0.1) is 0 Å². The van der Waals surface area contributed by atoms with Crippen molar-refractivity contribution < 1.29 is 17.6 Å². The van der Waals surface area contributed by atoms with Crippen LogP contribution in [0.3, 0.4) is 0 Å². The normalized spacial score (nSPS) is 12.7. The van der Waals surface area contributed by atoms with E-state index in [1.807, 2.05) is 26.0 Å². The number of nitrogens with one attached hydrogen (secondary N) is 1. The summed E-state index contributed by atoms with van der Waals surface area (Å²) in [6.07, 6.45) is -1.24. The van der Waals surface area contributed by atoms with Gasteiger partial charge in [0.15, 0.2) is 5.43 Å². The van der Waals surface area contributed by atoms with Crippen molar-refractivity contribution in [3.8, 4) is 11.3 Å². The maximum atomic E-state index is 13.2. The molecular weight excluding hydrogens is 431 g/mol. The monoisotopic (exact) mass is 453 g/mol. The zero-order chi connectivity index (χ0) is 23.9. The minimum atomic E-state index is -4.51. The van der Waals surface area contributed by atoms with Crippen molar-refractivity contribution >= 4 is 16.7 Å². The van der Waals surface area contributed by atoms with Crippen molar-refractivity contribution in [1.82, 2.24) is 9.97 Å². The third-order valence-electron chi connectivity index (χ3n) is 5.53. The third kappa shape index (κ3) is 4.33. The Balaban J connectivity index is 1.82. The standard InChI is InChI=1S/C25H22F3N3O2/c1-13-10-18(15(3)30-20-7-8-21(25(26,27)28)31-16(20)4)24-19(11-13)22(32)14(2)23(33-24)17-6-5-9-29-12-17/h5-12,15,30H,1-4H3. The van der Waals surface area contributed by atoms with E-state index in [9.17, 15) is 18.0 Å². The van der Waals surface area contributed by atoms with Gasteiger partial charge in [0, 0.05) is 29.1 Å². The lowest BCUT2D eigenvalue weighted by atomic mass is 9.99. The number of anilines is 1. The number of hydrogen-bond acceptors (Lipinski definition) is 5. The predicted octanol–water partition coefficient (Wildman–Crippen LogP) is 6.37. The number of hydrogen-bond donors (Lipinski definition) is 1. The molecule has 8 heteroatoms. The zero-order valence-corrected chi connectivity index (χ0v) is 18.5. The summed E-state index contributed by atoms with van der Waals surface area (Å²) in [4.78, 5) is 21.0. The van der Waals surface area contributed by atoms with Crippen LogP contribution in [0.1, 0.15) is 41.0 Å². The minimum absolute atomic E-state index is 0.139. The first kappa shape index (κ1) is 22.5. The van der Waals surface area contributed by atoms with E-state index < -0.39 is 11.9 Å². The molecule has 0 spiro atoms. The van der Waals surface area contributed by atoms with Crippen molar-refractivity contribution in [3.05, 3.63) is 87.1 Å². The lowest BCUT2D eigenvalue weighted by Gasteiger charge is -2.20. The Hall–Kier alpha value is -3.68. The molecule has 0 aliphatic heterocycles. The largest absolute Gasteiger partial charge is 0.455 e. The summed E-state index contributed by atoms with van der Waals surface area (Å²) in [5.41, 5.74) is 2.78. The van der Waals surface area contributed by atoms with Gasteiger partial charge in [0.05, 0.1) is 22.8 Å². The highest BCUT2D eigenvalue weighted by Crippen LogP contribution is 2.33. The van der Waals surface area contributed by atoms with Crippen LogP contribution in [0.5, 0.6) is 0 Å². The fraction of sp³-hybridized carbons (Fsp3) is 0.240. The minimum Gasteiger partial charge on any atom is -0.455 e. The first-order valence-electron chi connectivity index (χ1n) is 10.4. The van der Waals surface area contributed by atoms with Gasteiger partial charge in [0.1, 0.15) is 17.0 Å². The molecule has 0 saturated heterocycles. The molecule has 3 heterocycles. The van der Waals surface area contributed by atoms with E-state index in [4.69, 9.17) is 4.42 Å². The second-order valence-electron chi connectivity index (χ2n) is 8.05. The summed E-state index contributed by atoms with van der Waals surface area (Å²) < 4.78 is 45.1. The van der Waals surface area contributed by atoms with Crippen LogP contribution in [0.4, 0.5) is 18.9 Å². The van der Waals surface area contributed by atoms with Gasteiger partial charge >= 0.3 is 6.18 Å². The fourth-order valence-electron chi connectivity index (χ4n) is 3.84. The average molecular weight is 453 g/mol. The van der Waals surface area contributed by atoms with Gasteiger partial charge < -0.3 is 9.73 Å². The molecule has 4 rings (SSSR count). The summed E-state index contributed by atoms with van der Waals surface area (Å²) in [6, 6.07) is 9.19. The van der Waals surface area contributed by atoms with Crippen molar-refractivity contribution in [3.63, 3.8) is 0 Å². The van der Waals surface area contributed by atoms with Gasteiger partial charge in [-0.05, 0) is 63.6 Å². The van der Waals surface area contributed by atoms with E-state index in [2.05, 4.69) is 15.3 Å². The Kier molecular flexibility index (Phi) is 5.69. The number of fused-ring (bicyclic) bond motifs is 1. The molecule has 0 amide bonds. The van der Waals surface area contributed by atoms with Crippen molar-refractivity contribution in [2.75, 3.05) is 5.32 Å². The summed E-state index contributed by atoms with van der Waals surface area (Å²) in [5, 5.41) is 3.66. The number of nitrogens with zero attached hydrogens (tertiary/aromatic N) is 2. The fourth-order valence-corrected chi connectivity index (χ4v) is 3.84. The topological polar surface area (TPSA) is 68.0 Å². The lowest BCUT2D eigenvalue weighted by Crippen LogP contribution is -2.14. The molecule has 0 aliphatic carbocycles. The van der Waals surface area contributed by atoms with Gasteiger partial charge in [0.25, 0.3) is 0 Å². The number of benzene rings is 1. The van der Waals surface area contributed by atoms with Gasteiger partial charge in [-0.3, -0.25) is 9.78 Å².